The van der Waals surface area contributed by atoms with E-state index in [9.17, 15) is 4.79 Å². The van der Waals surface area contributed by atoms with Crippen LogP contribution in [0.15, 0.2) is 24.3 Å². The molecule has 1 aromatic carbocycles. The zero-order valence-electron chi connectivity index (χ0n) is 12.2. The molecule has 1 amide bonds. The second-order valence-corrected chi connectivity index (χ2v) is 6.53. The summed E-state index contributed by atoms with van der Waals surface area (Å²) in [5.74, 6) is 0.0224. The minimum atomic E-state index is -0.817. The van der Waals surface area contributed by atoms with E-state index in [0.717, 1.165) is 31.2 Å². The predicted octanol–water partition coefficient (Wildman–Crippen LogP) is 3.79. The molecule has 1 atom stereocenters. The first kappa shape index (κ1) is 14.9. The van der Waals surface area contributed by atoms with Crippen molar-refractivity contribution >= 4 is 17.5 Å². The van der Waals surface area contributed by atoms with Crippen molar-refractivity contribution in [1.29, 1.82) is 0 Å². The lowest BCUT2D eigenvalue weighted by Gasteiger charge is -2.31. The summed E-state index contributed by atoms with van der Waals surface area (Å²) < 4.78 is 5.91. The van der Waals surface area contributed by atoms with E-state index in [2.05, 4.69) is 5.32 Å². The fraction of sp³-hybridized carbons (Fsp3) is 0.588. The number of carbonyl (C=O) groups is 1. The van der Waals surface area contributed by atoms with Gasteiger partial charge in [0.1, 0.15) is 0 Å². The number of ether oxygens (including phenoxy) is 1. The Kier molecular flexibility index (Phi) is 4.51. The third-order valence-electron chi connectivity index (χ3n) is 4.64. The Bertz CT molecular complexity index is 488. The van der Waals surface area contributed by atoms with E-state index < -0.39 is 5.60 Å². The highest BCUT2D eigenvalue weighted by atomic mass is 35.5. The van der Waals surface area contributed by atoms with Crippen molar-refractivity contribution in [3.8, 4) is 0 Å². The Morgan fingerprint density at radius 3 is 2.48 bits per heavy atom. The normalized spacial score (nSPS) is 26.7. The summed E-state index contributed by atoms with van der Waals surface area (Å²) in [6.45, 7) is 0.640. The molecule has 3 nitrogen and oxygen atoms in total. The van der Waals surface area contributed by atoms with Gasteiger partial charge in [-0.1, -0.05) is 43.0 Å². The maximum atomic E-state index is 12.9. The molecule has 2 fully saturated rings. The van der Waals surface area contributed by atoms with Gasteiger partial charge in [0.15, 0.2) is 5.60 Å². The fourth-order valence-corrected chi connectivity index (χ4v) is 3.57. The first-order chi connectivity index (χ1) is 10.2. The number of amides is 1. The summed E-state index contributed by atoms with van der Waals surface area (Å²) in [5.41, 5.74) is 0.0971. The third kappa shape index (κ3) is 3.09. The Labute approximate surface area is 131 Å². The van der Waals surface area contributed by atoms with E-state index in [4.69, 9.17) is 16.3 Å². The summed E-state index contributed by atoms with van der Waals surface area (Å²) in [5, 5.41) is 3.90. The van der Waals surface area contributed by atoms with Gasteiger partial charge >= 0.3 is 0 Å². The molecule has 0 bridgehead atoms. The quantitative estimate of drug-likeness (QED) is 0.922. The van der Waals surface area contributed by atoms with Crippen LogP contribution in [0.2, 0.25) is 5.02 Å². The molecule has 1 aliphatic heterocycles. The van der Waals surface area contributed by atoms with Crippen molar-refractivity contribution in [2.45, 2.75) is 56.6 Å². The summed E-state index contributed by atoms with van der Waals surface area (Å²) in [7, 11) is 0. The minimum Gasteiger partial charge on any atom is -0.360 e. The van der Waals surface area contributed by atoms with E-state index in [1.54, 1.807) is 0 Å². The van der Waals surface area contributed by atoms with Crippen LogP contribution in [0.5, 0.6) is 0 Å². The van der Waals surface area contributed by atoms with Crippen LogP contribution in [0.3, 0.4) is 0 Å². The fourth-order valence-electron chi connectivity index (χ4n) is 3.45. The number of nitrogens with one attached hydrogen (secondary N) is 1. The number of benzene rings is 1. The van der Waals surface area contributed by atoms with Crippen molar-refractivity contribution in [2.75, 3.05) is 6.61 Å². The van der Waals surface area contributed by atoms with Crippen molar-refractivity contribution < 1.29 is 9.53 Å². The van der Waals surface area contributed by atoms with Crippen molar-refractivity contribution in [3.63, 3.8) is 0 Å². The lowest BCUT2D eigenvalue weighted by atomic mass is 9.88. The molecule has 0 spiro atoms. The number of rotatable bonds is 3. The highest BCUT2D eigenvalue weighted by Gasteiger charge is 2.44. The van der Waals surface area contributed by atoms with Gasteiger partial charge in [-0.3, -0.25) is 4.79 Å². The first-order valence-corrected chi connectivity index (χ1v) is 8.29. The van der Waals surface area contributed by atoms with Gasteiger partial charge in [0, 0.05) is 17.7 Å². The molecule has 0 radical (unpaired) electrons. The van der Waals surface area contributed by atoms with Crippen LogP contribution in [0.1, 0.15) is 50.5 Å². The predicted molar refractivity (Wildman–Crippen MR) is 83.3 cm³/mol. The maximum absolute atomic E-state index is 12.9. The van der Waals surface area contributed by atoms with Crippen LogP contribution in [0.25, 0.3) is 0 Å². The molecule has 1 saturated carbocycles. The molecule has 1 N–H and O–H groups in total. The summed E-state index contributed by atoms with van der Waals surface area (Å²) in [4.78, 5) is 12.9. The molecular weight excluding hydrogens is 286 g/mol. The van der Waals surface area contributed by atoms with Crippen molar-refractivity contribution in [3.05, 3.63) is 34.9 Å². The van der Waals surface area contributed by atoms with Gasteiger partial charge in [-0.15, -0.1) is 0 Å². The molecule has 114 valence electrons. The van der Waals surface area contributed by atoms with Gasteiger partial charge in [-0.25, -0.2) is 0 Å². The van der Waals surface area contributed by atoms with Crippen molar-refractivity contribution in [1.82, 2.24) is 5.32 Å². The molecule has 1 aromatic rings. The molecule has 21 heavy (non-hydrogen) atoms. The zero-order valence-corrected chi connectivity index (χ0v) is 13.0. The Hall–Kier alpha value is -1.06. The highest BCUT2D eigenvalue weighted by Crippen LogP contribution is 2.37. The van der Waals surface area contributed by atoms with Gasteiger partial charge in [0.05, 0.1) is 0 Å². The van der Waals surface area contributed by atoms with Crippen LogP contribution in [0.4, 0.5) is 0 Å². The molecular formula is C17H22ClNO2. The number of carbonyl (C=O) groups excluding carboxylic acids is 1. The lowest BCUT2D eigenvalue weighted by Crippen LogP contribution is -2.48. The minimum absolute atomic E-state index is 0.0224. The zero-order chi connectivity index (χ0) is 14.7. The molecule has 4 heteroatoms. The molecule has 3 rings (SSSR count). The topological polar surface area (TPSA) is 38.3 Å². The van der Waals surface area contributed by atoms with Gasteiger partial charge < -0.3 is 10.1 Å². The first-order valence-electron chi connectivity index (χ1n) is 7.92. The van der Waals surface area contributed by atoms with Gasteiger partial charge in [0.25, 0.3) is 5.91 Å². The number of halogens is 1. The van der Waals surface area contributed by atoms with Crippen LogP contribution < -0.4 is 5.32 Å². The van der Waals surface area contributed by atoms with Crippen LogP contribution in [-0.4, -0.2) is 18.6 Å². The number of hydrogen-bond acceptors (Lipinski definition) is 2. The molecule has 1 unspecified atom stereocenters. The average molecular weight is 308 g/mol. The van der Waals surface area contributed by atoms with Gasteiger partial charge in [-0.05, 0) is 43.4 Å². The van der Waals surface area contributed by atoms with Crippen LogP contribution in [-0.2, 0) is 15.1 Å². The molecule has 2 aliphatic rings. The van der Waals surface area contributed by atoms with Crippen molar-refractivity contribution in [2.24, 2.45) is 0 Å². The summed E-state index contributed by atoms with van der Waals surface area (Å²) in [6, 6.07) is 7.78. The highest BCUT2D eigenvalue weighted by molar-refractivity contribution is 6.30. The largest absolute Gasteiger partial charge is 0.360 e. The van der Waals surface area contributed by atoms with E-state index in [0.29, 0.717) is 17.7 Å². The maximum Gasteiger partial charge on any atom is 0.257 e. The number of hydrogen-bond donors (Lipinski definition) is 1. The average Bonchev–Trinajstić information content (AvgIpc) is 3.00. The monoisotopic (exact) mass is 307 g/mol. The molecule has 1 saturated heterocycles. The van der Waals surface area contributed by atoms with Gasteiger partial charge in [-0.2, -0.15) is 0 Å². The van der Waals surface area contributed by atoms with E-state index in [1.807, 2.05) is 24.3 Å². The Balaban J connectivity index is 1.79. The third-order valence-corrected chi connectivity index (χ3v) is 4.89. The summed E-state index contributed by atoms with van der Waals surface area (Å²) in [6.07, 6.45) is 7.53. The second-order valence-electron chi connectivity index (χ2n) is 6.09. The molecule has 0 aromatic heterocycles. The smallest absolute Gasteiger partial charge is 0.257 e. The molecule has 1 heterocycles. The Morgan fingerprint density at radius 2 is 1.86 bits per heavy atom. The molecule has 1 aliphatic carbocycles. The second kappa shape index (κ2) is 6.37. The summed E-state index contributed by atoms with van der Waals surface area (Å²) >= 11 is 5.96. The standard InChI is InChI=1S/C17H22ClNO2/c18-14-9-7-13(8-10-14)17(11-4-12-21-17)16(20)19-15-5-2-1-3-6-15/h7-10,15H,1-6,11-12H2,(H,19,20). The van der Waals surface area contributed by atoms with E-state index >= 15 is 0 Å². The van der Waals surface area contributed by atoms with Gasteiger partial charge in [0.2, 0.25) is 0 Å². The van der Waals surface area contributed by atoms with Crippen LogP contribution in [0, 0.1) is 0 Å². The van der Waals surface area contributed by atoms with E-state index in [1.165, 1.54) is 19.3 Å². The Morgan fingerprint density at radius 1 is 1.14 bits per heavy atom. The lowest BCUT2D eigenvalue weighted by molar-refractivity contribution is -0.143. The SMILES string of the molecule is O=C(NC1CCCCC1)C1(c2ccc(Cl)cc2)CCCO1. The van der Waals surface area contributed by atoms with E-state index in [-0.39, 0.29) is 5.91 Å². The van der Waals surface area contributed by atoms with Crippen LogP contribution >= 0.6 is 11.6 Å².